The van der Waals surface area contributed by atoms with Crippen molar-refractivity contribution in [1.82, 2.24) is 5.32 Å². The van der Waals surface area contributed by atoms with Crippen molar-refractivity contribution in [2.45, 2.75) is 37.6 Å². The SMILES string of the molecule is COc1ccccc1N1C[C@@H](C(=O)NC2(c3ccc(F)cc3)CCCC2)CC1=O. The lowest BCUT2D eigenvalue weighted by atomic mass is 9.87. The Morgan fingerprint density at radius 2 is 1.83 bits per heavy atom. The summed E-state index contributed by atoms with van der Waals surface area (Å²) < 4.78 is 18.7. The normalized spacial score (nSPS) is 20.7. The zero-order chi connectivity index (χ0) is 20.4. The molecule has 1 N–H and O–H groups in total. The molecule has 0 spiro atoms. The van der Waals surface area contributed by atoms with Crippen molar-refractivity contribution in [2.24, 2.45) is 5.92 Å². The van der Waals surface area contributed by atoms with Crippen LogP contribution in [0, 0.1) is 11.7 Å². The molecule has 2 aromatic carbocycles. The van der Waals surface area contributed by atoms with E-state index in [0.717, 1.165) is 31.2 Å². The second-order valence-corrected chi connectivity index (χ2v) is 7.86. The summed E-state index contributed by atoms with van der Waals surface area (Å²) in [5.74, 6) is -0.313. The smallest absolute Gasteiger partial charge is 0.227 e. The van der Waals surface area contributed by atoms with Gasteiger partial charge in [0.05, 0.1) is 24.3 Å². The molecule has 1 saturated carbocycles. The Kier molecular flexibility index (Phi) is 5.26. The van der Waals surface area contributed by atoms with Crippen LogP contribution in [0.1, 0.15) is 37.7 Å². The molecule has 5 nitrogen and oxygen atoms in total. The van der Waals surface area contributed by atoms with Gasteiger partial charge in [-0.05, 0) is 42.7 Å². The molecule has 0 aromatic heterocycles. The number of rotatable bonds is 5. The van der Waals surface area contributed by atoms with E-state index >= 15 is 0 Å². The molecular weight excluding hydrogens is 371 g/mol. The fourth-order valence-corrected chi connectivity index (χ4v) is 4.54. The zero-order valence-electron chi connectivity index (χ0n) is 16.5. The van der Waals surface area contributed by atoms with E-state index < -0.39 is 11.5 Å². The Morgan fingerprint density at radius 3 is 2.52 bits per heavy atom. The molecule has 152 valence electrons. The van der Waals surface area contributed by atoms with Gasteiger partial charge in [0.25, 0.3) is 0 Å². The van der Waals surface area contributed by atoms with Crippen molar-refractivity contribution >= 4 is 17.5 Å². The molecule has 4 rings (SSSR count). The van der Waals surface area contributed by atoms with Crippen molar-refractivity contribution in [1.29, 1.82) is 0 Å². The van der Waals surface area contributed by atoms with Gasteiger partial charge in [-0.3, -0.25) is 9.59 Å². The molecule has 29 heavy (non-hydrogen) atoms. The highest BCUT2D eigenvalue weighted by atomic mass is 19.1. The van der Waals surface area contributed by atoms with Crippen LogP contribution in [0.2, 0.25) is 0 Å². The number of para-hydroxylation sites is 2. The minimum absolute atomic E-state index is 0.0862. The van der Waals surface area contributed by atoms with Crippen molar-refractivity contribution in [2.75, 3.05) is 18.6 Å². The number of hydrogen-bond acceptors (Lipinski definition) is 3. The van der Waals surface area contributed by atoms with Crippen LogP contribution in [-0.4, -0.2) is 25.5 Å². The van der Waals surface area contributed by atoms with Crippen molar-refractivity contribution in [3.8, 4) is 5.75 Å². The van der Waals surface area contributed by atoms with Gasteiger partial charge in [0, 0.05) is 13.0 Å². The molecule has 1 saturated heterocycles. The lowest BCUT2D eigenvalue weighted by molar-refractivity contribution is -0.128. The molecule has 1 heterocycles. The van der Waals surface area contributed by atoms with Crippen LogP contribution in [0.5, 0.6) is 5.75 Å². The van der Waals surface area contributed by atoms with Crippen LogP contribution in [0.25, 0.3) is 0 Å². The summed E-state index contributed by atoms with van der Waals surface area (Å²) in [6.45, 7) is 0.324. The predicted molar refractivity (Wildman–Crippen MR) is 108 cm³/mol. The minimum Gasteiger partial charge on any atom is -0.495 e. The van der Waals surface area contributed by atoms with Gasteiger partial charge in [0.2, 0.25) is 11.8 Å². The molecular formula is C23H25FN2O3. The number of anilines is 1. The number of benzene rings is 2. The zero-order valence-corrected chi connectivity index (χ0v) is 16.5. The Hall–Kier alpha value is -2.89. The Labute approximate surface area is 169 Å². The highest BCUT2D eigenvalue weighted by molar-refractivity contribution is 6.01. The highest BCUT2D eigenvalue weighted by Crippen LogP contribution is 2.40. The van der Waals surface area contributed by atoms with Gasteiger partial charge < -0.3 is 15.0 Å². The number of hydrogen-bond donors (Lipinski definition) is 1. The third-order valence-corrected chi connectivity index (χ3v) is 6.09. The maximum Gasteiger partial charge on any atom is 0.227 e. The van der Waals surface area contributed by atoms with Crippen molar-refractivity contribution < 1.29 is 18.7 Å². The van der Waals surface area contributed by atoms with E-state index in [1.807, 2.05) is 18.2 Å². The highest BCUT2D eigenvalue weighted by Gasteiger charge is 2.42. The van der Waals surface area contributed by atoms with Gasteiger partial charge in [-0.25, -0.2) is 4.39 Å². The lowest BCUT2D eigenvalue weighted by Gasteiger charge is -2.32. The summed E-state index contributed by atoms with van der Waals surface area (Å²) in [4.78, 5) is 27.4. The topological polar surface area (TPSA) is 58.6 Å². The lowest BCUT2D eigenvalue weighted by Crippen LogP contribution is -2.46. The second kappa shape index (κ2) is 7.85. The van der Waals surface area contributed by atoms with Crippen LogP contribution < -0.4 is 15.0 Å². The summed E-state index contributed by atoms with van der Waals surface area (Å²) in [7, 11) is 1.57. The van der Waals surface area contributed by atoms with Crippen LogP contribution in [0.3, 0.4) is 0 Å². The number of ether oxygens (including phenoxy) is 1. The molecule has 2 aromatic rings. The van der Waals surface area contributed by atoms with E-state index in [9.17, 15) is 14.0 Å². The standard InChI is InChI=1S/C23H25FN2O3/c1-29-20-7-3-2-6-19(20)26-15-16(14-21(26)27)22(28)25-23(12-4-5-13-23)17-8-10-18(24)11-9-17/h2-3,6-11,16H,4-5,12-15H2,1H3,(H,25,28)/t16-/m0/s1. The van der Waals surface area contributed by atoms with E-state index in [2.05, 4.69) is 5.32 Å². The average molecular weight is 396 g/mol. The number of nitrogens with zero attached hydrogens (tertiary/aromatic N) is 1. The molecule has 1 atom stereocenters. The van der Waals surface area contributed by atoms with Crippen molar-refractivity contribution in [3.63, 3.8) is 0 Å². The maximum absolute atomic E-state index is 13.4. The second-order valence-electron chi connectivity index (χ2n) is 7.86. The first-order valence-corrected chi connectivity index (χ1v) is 10.0. The number of carbonyl (C=O) groups is 2. The number of carbonyl (C=O) groups excluding carboxylic acids is 2. The third-order valence-electron chi connectivity index (χ3n) is 6.09. The molecule has 0 radical (unpaired) electrons. The van der Waals surface area contributed by atoms with Crippen LogP contribution in [0.4, 0.5) is 10.1 Å². The monoisotopic (exact) mass is 396 g/mol. The average Bonchev–Trinajstić information content (AvgIpc) is 3.36. The van der Waals surface area contributed by atoms with Gasteiger partial charge in [0.1, 0.15) is 11.6 Å². The van der Waals surface area contributed by atoms with Gasteiger partial charge in [0.15, 0.2) is 0 Å². The van der Waals surface area contributed by atoms with Gasteiger partial charge in [-0.15, -0.1) is 0 Å². The number of halogens is 1. The Balaban J connectivity index is 1.52. The number of methoxy groups -OCH3 is 1. The predicted octanol–water partition coefficient (Wildman–Crippen LogP) is 3.77. The van der Waals surface area contributed by atoms with Crippen LogP contribution in [0.15, 0.2) is 48.5 Å². The largest absolute Gasteiger partial charge is 0.495 e. The summed E-state index contributed by atoms with van der Waals surface area (Å²) in [6.07, 6.45) is 3.83. The minimum atomic E-state index is -0.480. The van der Waals surface area contributed by atoms with E-state index in [-0.39, 0.29) is 24.1 Å². The maximum atomic E-state index is 13.4. The third kappa shape index (κ3) is 3.71. The Morgan fingerprint density at radius 1 is 1.14 bits per heavy atom. The molecule has 2 aliphatic rings. The molecule has 2 fully saturated rings. The molecule has 0 bridgehead atoms. The van der Waals surface area contributed by atoms with E-state index in [0.29, 0.717) is 18.0 Å². The summed E-state index contributed by atoms with van der Waals surface area (Å²) in [5, 5.41) is 3.22. The summed E-state index contributed by atoms with van der Waals surface area (Å²) in [6, 6.07) is 13.7. The Bertz CT molecular complexity index is 907. The van der Waals surface area contributed by atoms with Gasteiger partial charge >= 0.3 is 0 Å². The quantitative estimate of drug-likeness (QED) is 0.837. The molecule has 2 amide bonds. The first-order valence-electron chi connectivity index (χ1n) is 10.0. The molecule has 0 unspecified atom stereocenters. The molecule has 1 aliphatic heterocycles. The van der Waals surface area contributed by atoms with E-state index in [1.165, 1.54) is 12.1 Å². The molecule has 1 aliphatic carbocycles. The van der Waals surface area contributed by atoms with Crippen LogP contribution in [-0.2, 0) is 15.1 Å². The first-order chi connectivity index (χ1) is 14.0. The summed E-state index contributed by atoms with van der Waals surface area (Å²) >= 11 is 0. The summed E-state index contributed by atoms with van der Waals surface area (Å²) in [5.41, 5.74) is 1.13. The first kappa shape index (κ1) is 19.4. The van der Waals surface area contributed by atoms with E-state index in [1.54, 1.807) is 30.2 Å². The fraction of sp³-hybridized carbons (Fsp3) is 0.391. The number of amides is 2. The van der Waals surface area contributed by atoms with Gasteiger partial charge in [-0.2, -0.15) is 0 Å². The fourth-order valence-electron chi connectivity index (χ4n) is 4.54. The molecule has 6 heteroatoms. The van der Waals surface area contributed by atoms with E-state index in [4.69, 9.17) is 4.74 Å². The van der Waals surface area contributed by atoms with Crippen LogP contribution >= 0.6 is 0 Å². The number of nitrogens with one attached hydrogen (secondary N) is 1. The van der Waals surface area contributed by atoms with Gasteiger partial charge in [-0.1, -0.05) is 37.1 Å². The van der Waals surface area contributed by atoms with Crippen molar-refractivity contribution in [3.05, 3.63) is 59.9 Å².